The number of anilines is 1. The predicted molar refractivity (Wildman–Crippen MR) is 65.8 cm³/mol. The van der Waals surface area contributed by atoms with E-state index in [1.807, 2.05) is 18.2 Å². The molecule has 1 fully saturated rings. The second kappa shape index (κ2) is 4.57. The van der Waals surface area contributed by atoms with Gasteiger partial charge in [0, 0.05) is 19.3 Å². The number of furan rings is 1. The molecule has 3 heterocycles. The summed E-state index contributed by atoms with van der Waals surface area (Å²) < 4.78 is 5.35. The molecule has 88 valence electrons. The van der Waals surface area contributed by atoms with E-state index in [1.54, 1.807) is 12.5 Å². The minimum atomic E-state index is 0.797. The molecular formula is C13H15N3O. The van der Waals surface area contributed by atoms with Crippen molar-refractivity contribution in [2.45, 2.75) is 19.3 Å². The first kappa shape index (κ1) is 10.3. The Morgan fingerprint density at radius 1 is 1.12 bits per heavy atom. The van der Waals surface area contributed by atoms with Gasteiger partial charge < -0.3 is 9.32 Å². The van der Waals surface area contributed by atoms with Crippen LogP contribution in [0.5, 0.6) is 0 Å². The van der Waals surface area contributed by atoms with Crippen molar-refractivity contribution in [2.75, 3.05) is 18.0 Å². The van der Waals surface area contributed by atoms with Gasteiger partial charge in [-0.15, -0.1) is 0 Å². The lowest BCUT2D eigenvalue weighted by Crippen LogP contribution is -2.30. The Hall–Kier alpha value is -1.84. The SMILES string of the molecule is c1coc(-c2ccnc(N3CCCCC3)n2)c1. The van der Waals surface area contributed by atoms with E-state index < -0.39 is 0 Å². The zero-order valence-corrected chi connectivity index (χ0v) is 9.67. The topological polar surface area (TPSA) is 42.2 Å². The van der Waals surface area contributed by atoms with E-state index in [0.29, 0.717) is 0 Å². The number of hydrogen-bond acceptors (Lipinski definition) is 4. The first-order chi connectivity index (χ1) is 8.43. The molecule has 0 amide bonds. The Balaban J connectivity index is 1.88. The zero-order valence-electron chi connectivity index (χ0n) is 9.67. The maximum absolute atomic E-state index is 5.35. The Bertz CT molecular complexity index is 475. The van der Waals surface area contributed by atoms with Crippen LogP contribution < -0.4 is 4.90 Å². The van der Waals surface area contributed by atoms with E-state index in [4.69, 9.17) is 4.42 Å². The molecule has 2 aromatic heterocycles. The van der Waals surface area contributed by atoms with Crippen molar-refractivity contribution in [3.8, 4) is 11.5 Å². The van der Waals surface area contributed by atoms with Gasteiger partial charge >= 0.3 is 0 Å². The summed E-state index contributed by atoms with van der Waals surface area (Å²) in [5, 5.41) is 0. The number of nitrogens with zero attached hydrogens (tertiary/aromatic N) is 3. The Morgan fingerprint density at radius 2 is 2.00 bits per heavy atom. The van der Waals surface area contributed by atoms with Gasteiger partial charge in [0.25, 0.3) is 0 Å². The molecule has 0 aliphatic carbocycles. The van der Waals surface area contributed by atoms with Crippen molar-refractivity contribution in [1.29, 1.82) is 0 Å². The smallest absolute Gasteiger partial charge is 0.225 e. The molecule has 0 N–H and O–H groups in total. The minimum absolute atomic E-state index is 0.797. The van der Waals surface area contributed by atoms with Gasteiger partial charge in [-0.3, -0.25) is 0 Å². The van der Waals surface area contributed by atoms with E-state index in [2.05, 4.69) is 14.9 Å². The molecule has 0 saturated carbocycles. The number of aromatic nitrogens is 2. The van der Waals surface area contributed by atoms with Gasteiger partial charge in [0.2, 0.25) is 5.95 Å². The molecule has 0 atom stereocenters. The maximum Gasteiger partial charge on any atom is 0.225 e. The Labute approximate surface area is 100 Å². The summed E-state index contributed by atoms with van der Waals surface area (Å²) in [5.74, 6) is 1.62. The molecule has 1 aliphatic rings. The van der Waals surface area contributed by atoms with Crippen LogP contribution >= 0.6 is 0 Å². The summed E-state index contributed by atoms with van der Waals surface area (Å²) in [7, 11) is 0. The van der Waals surface area contributed by atoms with Gasteiger partial charge in [-0.1, -0.05) is 0 Å². The molecule has 1 aliphatic heterocycles. The van der Waals surface area contributed by atoms with E-state index in [1.165, 1.54) is 19.3 Å². The molecule has 17 heavy (non-hydrogen) atoms. The third-order valence-corrected chi connectivity index (χ3v) is 3.06. The highest BCUT2D eigenvalue weighted by atomic mass is 16.3. The van der Waals surface area contributed by atoms with Gasteiger partial charge in [-0.2, -0.15) is 0 Å². The van der Waals surface area contributed by atoms with Crippen molar-refractivity contribution < 1.29 is 4.42 Å². The average Bonchev–Trinajstić information content (AvgIpc) is 2.94. The lowest BCUT2D eigenvalue weighted by molar-refractivity contribution is 0.565. The lowest BCUT2D eigenvalue weighted by atomic mass is 10.1. The molecule has 0 spiro atoms. The van der Waals surface area contributed by atoms with Crippen LogP contribution in [0.1, 0.15) is 19.3 Å². The van der Waals surface area contributed by atoms with Crippen molar-refractivity contribution in [3.63, 3.8) is 0 Å². The van der Waals surface area contributed by atoms with Gasteiger partial charge in [0.1, 0.15) is 5.69 Å². The summed E-state index contributed by atoms with van der Waals surface area (Å²) in [4.78, 5) is 11.2. The van der Waals surface area contributed by atoms with Crippen LogP contribution in [-0.4, -0.2) is 23.1 Å². The highest BCUT2D eigenvalue weighted by Gasteiger charge is 2.14. The lowest BCUT2D eigenvalue weighted by Gasteiger charge is -2.26. The summed E-state index contributed by atoms with van der Waals surface area (Å²) in [5.41, 5.74) is 0.852. The number of piperidine rings is 1. The first-order valence-corrected chi connectivity index (χ1v) is 6.05. The largest absolute Gasteiger partial charge is 0.463 e. The quantitative estimate of drug-likeness (QED) is 0.794. The van der Waals surface area contributed by atoms with E-state index >= 15 is 0 Å². The standard InChI is InChI=1S/C13H15N3O/c1-2-8-16(9-3-1)13-14-7-6-11(15-13)12-5-4-10-17-12/h4-7,10H,1-3,8-9H2. The van der Waals surface area contributed by atoms with E-state index in [-0.39, 0.29) is 0 Å². The van der Waals surface area contributed by atoms with Crippen LogP contribution in [0.25, 0.3) is 11.5 Å². The first-order valence-electron chi connectivity index (χ1n) is 6.05. The third kappa shape index (κ3) is 2.16. The predicted octanol–water partition coefficient (Wildman–Crippen LogP) is 2.73. The van der Waals surface area contributed by atoms with Crippen LogP contribution in [0.15, 0.2) is 35.1 Å². The molecule has 1 saturated heterocycles. The summed E-state index contributed by atoms with van der Waals surface area (Å²) >= 11 is 0. The van der Waals surface area contributed by atoms with Crippen molar-refractivity contribution in [3.05, 3.63) is 30.7 Å². The van der Waals surface area contributed by atoms with Gasteiger partial charge in [0.05, 0.1) is 6.26 Å². The molecule has 4 heteroatoms. The molecular weight excluding hydrogens is 214 g/mol. The second-order valence-corrected chi connectivity index (χ2v) is 4.27. The summed E-state index contributed by atoms with van der Waals surface area (Å²) in [6.07, 6.45) is 7.24. The fraction of sp³-hybridized carbons (Fsp3) is 0.385. The normalized spacial score (nSPS) is 16.1. The van der Waals surface area contributed by atoms with Crippen LogP contribution in [0.3, 0.4) is 0 Å². The third-order valence-electron chi connectivity index (χ3n) is 3.06. The minimum Gasteiger partial charge on any atom is -0.463 e. The molecule has 3 rings (SSSR count). The average molecular weight is 229 g/mol. The van der Waals surface area contributed by atoms with Gasteiger partial charge in [-0.25, -0.2) is 9.97 Å². The maximum atomic E-state index is 5.35. The fourth-order valence-corrected chi connectivity index (χ4v) is 2.16. The molecule has 0 bridgehead atoms. The van der Waals surface area contributed by atoms with Crippen molar-refractivity contribution in [2.24, 2.45) is 0 Å². The number of rotatable bonds is 2. The highest BCUT2D eigenvalue weighted by molar-refractivity contribution is 5.53. The molecule has 2 aromatic rings. The van der Waals surface area contributed by atoms with E-state index in [9.17, 15) is 0 Å². The number of hydrogen-bond donors (Lipinski definition) is 0. The highest BCUT2D eigenvalue weighted by Crippen LogP contribution is 2.21. The van der Waals surface area contributed by atoms with Crippen LogP contribution in [-0.2, 0) is 0 Å². The van der Waals surface area contributed by atoms with Crippen molar-refractivity contribution in [1.82, 2.24) is 9.97 Å². The van der Waals surface area contributed by atoms with Crippen LogP contribution in [0.2, 0.25) is 0 Å². The molecule has 0 unspecified atom stereocenters. The van der Waals surface area contributed by atoms with Gasteiger partial charge in [0.15, 0.2) is 5.76 Å². The molecule has 0 aromatic carbocycles. The summed E-state index contributed by atoms with van der Waals surface area (Å²) in [6, 6.07) is 5.67. The monoisotopic (exact) mass is 229 g/mol. The van der Waals surface area contributed by atoms with Gasteiger partial charge in [-0.05, 0) is 37.5 Å². The Kier molecular flexibility index (Phi) is 2.78. The molecule has 0 radical (unpaired) electrons. The second-order valence-electron chi connectivity index (χ2n) is 4.27. The molecule has 4 nitrogen and oxygen atoms in total. The van der Waals surface area contributed by atoms with Crippen LogP contribution in [0.4, 0.5) is 5.95 Å². The zero-order chi connectivity index (χ0) is 11.5. The Morgan fingerprint density at radius 3 is 2.76 bits per heavy atom. The van der Waals surface area contributed by atoms with Crippen molar-refractivity contribution >= 4 is 5.95 Å². The fourth-order valence-electron chi connectivity index (χ4n) is 2.16. The summed E-state index contributed by atoms with van der Waals surface area (Å²) in [6.45, 7) is 2.11. The van der Waals surface area contributed by atoms with E-state index in [0.717, 1.165) is 30.5 Å². The van der Waals surface area contributed by atoms with Crippen LogP contribution in [0, 0.1) is 0 Å².